The van der Waals surface area contributed by atoms with Gasteiger partial charge in [0.2, 0.25) is 11.8 Å². The lowest BCUT2D eigenvalue weighted by Gasteiger charge is -2.40. The Morgan fingerprint density at radius 1 is 1.30 bits per heavy atom. The Hall–Kier alpha value is -1.43. The maximum absolute atomic E-state index is 12.2. The van der Waals surface area contributed by atoms with E-state index >= 15 is 0 Å². The molecule has 1 heterocycles. The van der Waals surface area contributed by atoms with Crippen LogP contribution in [-0.2, 0) is 14.4 Å². The Labute approximate surface area is 119 Å². The molecule has 0 aliphatic carbocycles. The number of rotatable bonds is 5. The quantitative estimate of drug-likeness (QED) is 0.736. The van der Waals surface area contributed by atoms with Crippen LogP contribution in [0.25, 0.3) is 0 Å². The van der Waals surface area contributed by atoms with Gasteiger partial charge in [0, 0.05) is 11.6 Å². The lowest BCUT2D eigenvalue weighted by atomic mass is 9.74. The molecule has 0 aromatic carbocycles. The maximum atomic E-state index is 12.2. The van der Waals surface area contributed by atoms with Crippen molar-refractivity contribution in [1.29, 1.82) is 0 Å². The zero-order chi connectivity index (χ0) is 15.9. The smallest absolute Gasteiger partial charge is 0.310 e. The van der Waals surface area contributed by atoms with E-state index in [2.05, 4.69) is 5.32 Å². The molecule has 0 aromatic rings. The number of carboxylic acids is 1. The van der Waals surface area contributed by atoms with E-state index in [0.717, 1.165) is 0 Å². The first-order valence-electron chi connectivity index (χ1n) is 6.79. The van der Waals surface area contributed by atoms with E-state index in [9.17, 15) is 19.5 Å². The molecule has 0 spiro atoms. The average Bonchev–Trinajstić information content (AvgIpc) is 2.52. The van der Waals surface area contributed by atoms with E-state index in [0.29, 0.717) is 0 Å². The van der Waals surface area contributed by atoms with Gasteiger partial charge < -0.3 is 5.11 Å². The summed E-state index contributed by atoms with van der Waals surface area (Å²) < 4.78 is 0. The zero-order valence-electron chi connectivity index (χ0n) is 13.0. The summed E-state index contributed by atoms with van der Waals surface area (Å²) in [6, 6.07) is -0.837. The molecule has 1 atom stereocenters. The van der Waals surface area contributed by atoms with Crippen LogP contribution in [0.15, 0.2) is 0 Å². The van der Waals surface area contributed by atoms with Crippen LogP contribution in [0.1, 0.15) is 48.0 Å². The number of aliphatic carboxylic acids is 1. The van der Waals surface area contributed by atoms with Crippen LogP contribution in [-0.4, -0.2) is 45.4 Å². The normalized spacial score (nSPS) is 20.9. The molecule has 6 heteroatoms. The molecule has 1 saturated heterocycles. The fourth-order valence-corrected chi connectivity index (χ4v) is 2.19. The van der Waals surface area contributed by atoms with E-state index in [-0.39, 0.29) is 24.3 Å². The molecule has 1 fully saturated rings. The molecule has 0 radical (unpaired) electrons. The van der Waals surface area contributed by atoms with Gasteiger partial charge in [-0.2, -0.15) is 0 Å². The van der Waals surface area contributed by atoms with Crippen LogP contribution in [0.4, 0.5) is 0 Å². The van der Waals surface area contributed by atoms with Crippen molar-refractivity contribution in [2.45, 2.75) is 65.6 Å². The average molecular weight is 284 g/mol. The van der Waals surface area contributed by atoms with Crippen molar-refractivity contribution in [3.05, 3.63) is 0 Å². The van der Waals surface area contributed by atoms with Gasteiger partial charge in [0.25, 0.3) is 0 Å². The molecule has 2 N–H and O–H groups in total. The van der Waals surface area contributed by atoms with Crippen molar-refractivity contribution >= 4 is 17.8 Å². The van der Waals surface area contributed by atoms with Gasteiger partial charge in [0.05, 0.1) is 17.9 Å². The minimum Gasteiger partial charge on any atom is -0.481 e. The van der Waals surface area contributed by atoms with Crippen molar-refractivity contribution in [3.63, 3.8) is 0 Å². The van der Waals surface area contributed by atoms with E-state index in [1.54, 1.807) is 41.5 Å². The number of carbonyl (C=O) groups is 3. The Morgan fingerprint density at radius 3 is 2.15 bits per heavy atom. The van der Waals surface area contributed by atoms with Gasteiger partial charge in [-0.1, -0.05) is 0 Å². The van der Waals surface area contributed by atoms with Gasteiger partial charge >= 0.3 is 5.97 Å². The van der Waals surface area contributed by atoms with Crippen LogP contribution >= 0.6 is 0 Å². The second-order valence-corrected chi connectivity index (χ2v) is 6.65. The number of hydrogen-bond donors (Lipinski definition) is 2. The van der Waals surface area contributed by atoms with Crippen LogP contribution in [0, 0.1) is 5.41 Å². The Morgan fingerprint density at radius 2 is 1.80 bits per heavy atom. The van der Waals surface area contributed by atoms with Crippen molar-refractivity contribution in [2.24, 2.45) is 5.41 Å². The third-order valence-corrected chi connectivity index (χ3v) is 4.33. The molecule has 0 saturated carbocycles. The maximum Gasteiger partial charge on any atom is 0.310 e. The standard InChI is InChI=1S/C14H24N2O4/c1-8(2)16-10(17)7-9(11(16)18)15-14(5,6)13(3,4)12(19)20/h8-9,15H,7H2,1-6H3,(H,19,20). The molecule has 0 bridgehead atoms. The number of carbonyl (C=O) groups excluding carboxylic acids is 2. The number of nitrogens with zero attached hydrogens (tertiary/aromatic N) is 1. The number of nitrogens with one attached hydrogen (secondary N) is 1. The van der Waals surface area contributed by atoms with Gasteiger partial charge in [-0.25, -0.2) is 0 Å². The predicted molar refractivity (Wildman–Crippen MR) is 74.0 cm³/mol. The lowest BCUT2D eigenvalue weighted by Crippen LogP contribution is -2.59. The second kappa shape index (κ2) is 5.16. The minimum atomic E-state index is -1.07. The van der Waals surface area contributed by atoms with Crippen molar-refractivity contribution in [2.75, 3.05) is 0 Å². The Balaban J connectivity index is 2.93. The highest BCUT2D eigenvalue weighted by molar-refractivity contribution is 6.05. The molecular weight excluding hydrogens is 260 g/mol. The molecule has 2 amide bonds. The molecule has 1 rings (SSSR count). The zero-order valence-corrected chi connectivity index (χ0v) is 13.0. The predicted octanol–water partition coefficient (Wildman–Crippen LogP) is 1.00. The third-order valence-electron chi connectivity index (χ3n) is 4.33. The van der Waals surface area contributed by atoms with E-state index in [4.69, 9.17) is 0 Å². The largest absolute Gasteiger partial charge is 0.481 e. The fraction of sp³-hybridized carbons (Fsp3) is 0.786. The molecule has 6 nitrogen and oxygen atoms in total. The number of carboxylic acid groups (broad SMARTS) is 1. The second-order valence-electron chi connectivity index (χ2n) is 6.65. The van der Waals surface area contributed by atoms with Gasteiger partial charge in [-0.3, -0.25) is 24.6 Å². The topological polar surface area (TPSA) is 86.7 Å². The fourth-order valence-electron chi connectivity index (χ4n) is 2.19. The molecule has 114 valence electrons. The molecular formula is C14H24N2O4. The van der Waals surface area contributed by atoms with Gasteiger partial charge in [-0.15, -0.1) is 0 Å². The Kier molecular flexibility index (Phi) is 4.29. The van der Waals surface area contributed by atoms with Crippen LogP contribution < -0.4 is 5.32 Å². The minimum absolute atomic E-state index is 0.0795. The first-order valence-corrected chi connectivity index (χ1v) is 6.79. The number of hydrogen-bond acceptors (Lipinski definition) is 4. The monoisotopic (exact) mass is 284 g/mol. The summed E-state index contributed by atoms with van der Waals surface area (Å²) in [6.07, 6.45) is 0.0795. The van der Waals surface area contributed by atoms with Crippen LogP contribution in [0.2, 0.25) is 0 Å². The summed E-state index contributed by atoms with van der Waals surface area (Å²) in [5.74, 6) is -1.45. The highest BCUT2D eigenvalue weighted by Gasteiger charge is 2.48. The highest BCUT2D eigenvalue weighted by Crippen LogP contribution is 2.32. The summed E-state index contributed by atoms with van der Waals surface area (Å²) in [5.41, 5.74) is -1.89. The summed E-state index contributed by atoms with van der Waals surface area (Å²) in [6.45, 7) is 10.2. The SMILES string of the molecule is CC(C)N1C(=O)CC(NC(C)(C)C(C)(C)C(=O)O)C1=O. The summed E-state index contributed by atoms with van der Waals surface area (Å²) in [4.78, 5) is 36.7. The van der Waals surface area contributed by atoms with E-state index < -0.39 is 23.0 Å². The summed E-state index contributed by atoms with van der Waals surface area (Å²) >= 11 is 0. The Bertz CT molecular complexity index is 440. The molecule has 1 unspecified atom stereocenters. The third kappa shape index (κ3) is 2.70. The van der Waals surface area contributed by atoms with Crippen LogP contribution in [0.3, 0.4) is 0 Å². The number of amides is 2. The van der Waals surface area contributed by atoms with Gasteiger partial charge in [-0.05, 0) is 41.5 Å². The van der Waals surface area contributed by atoms with E-state index in [1.165, 1.54) is 4.90 Å². The van der Waals surface area contributed by atoms with Gasteiger partial charge in [0.1, 0.15) is 0 Å². The van der Waals surface area contributed by atoms with Crippen molar-refractivity contribution in [1.82, 2.24) is 10.2 Å². The lowest BCUT2D eigenvalue weighted by molar-refractivity contribution is -0.152. The molecule has 1 aliphatic heterocycles. The molecule has 1 aliphatic rings. The van der Waals surface area contributed by atoms with E-state index in [1.807, 2.05) is 0 Å². The molecule has 20 heavy (non-hydrogen) atoms. The first-order chi connectivity index (χ1) is 8.91. The number of likely N-dealkylation sites (tertiary alicyclic amines) is 1. The van der Waals surface area contributed by atoms with Gasteiger partial charge in [0.15, 0.2) is 0 Å². The van der Waals surface area contributed by atoms with Crippen molar-refractivity contribution < 1.29 is 19.5 Å². The molecule has 0 aromatic heterocycles. The first kappa shape index (κ1) is 16.6. The summed E-state index contributed by atoms with van der Waals surface area (Å²) in [5, 5.41) is 12.4. The van der Waals surface area contributed by atoms with Crippen LogP contribution in [0.5, 0.6) is 0 Å². The van der Waals surface area contributed by atoms with Crippen molar-refractivity contribution in [3.8, 4) is 0 Å². The summed E-state index contributed by atoms with van der Waals surface area (Å²) in [7, 11) is 0. The highest BCUT2D eigenvalue weighted by atomic mass is 16.4. The number of imide groups is 1.